The molecule has 1 aliphatic heterocycles. The molecule has 4 rings (SSSR count). The van der Waals surface area contributed by atoms with E-state index in [-0.39, 0.29) is 5.91 Å². The van der Waals surface area contributed by atoms with Crippen molar-refractivity contribution in [2.75, 3.05) is 18.4 Å². The average Bonchev–Trinajstić information content (AvgIpc) is 3.21. The number of nitrogens with one attached hydrogen (secondary N) is 1. The van der Waals surface area contributed by atoms with Crippen LogP contribution in [0.3, 0.4) is 0 Å². The van der Waals surface area contributed by atoms with Crippen LogP contribution >= 0.6 is 11.3 Å². The lowest BCUT2D eigenvalue weighted by molar-refractivity contribution is 0.0724. The van der Waals surface area contributed by atoms with Crippen molar-refractivity contribution in [3.63, 3.8) is 0 Å². The van der Waals surface area contributed by atoms with Crippen molar-refractivity contribution in [1.82, 2.24) is 19.7 Å². The second-order valence-corrected chi connectivity index (χ2v) is 7.78. The Morgan fingerprint density at radius 3 is 2.62 bits per heavy atom. The number of fused-ring (bicyclic) bond motifs is 1. The predicted octanol–water partition coefficient (Wildman–Crippen LogP) is 3.58. The number of aryl methyl sites for hydroxylation is 2. The number of hydrogen-bond donors (Lipinski definition) is 1. The lowest BCUT2D eigenvalue weighted by Gasteiger charge is -2.26. The van der Waals surface area contributed by atoms with E-state index in [2.05, 4.69) is 15.4 Å². The molecule has 1 N–H and O–H groups in total. The molecule has 0 bridgehead atoms. The van der Waals surface area contributed by atoms with Gasteiger partial charge in [0.15, 0.2) is 10.8 Å². The monoisotopic (exact) mass is 369 g/mol. The number of anilines is 1. The Morgan fingerprint density at radius 2 is 1.92 bits per heavy atom. The molecule has 0 unspecified atom stereocenters. The third kappa shape index (κ3) is 3.31. The van der Waals surface area contributed by atoms with E-state index in [1.807, 2.05) is 47.8 Å². The van der Waals surface area contributed by atoms with Crippen molar-refractivity contribution in [1.29, 1.82) is 0 Å². The highest BCUT2D eigenvalue weighted by Crippen LogP contribution is 2.28. The van der Waals surface area contributed by atoms with Crippen LogP contribution < -0.4 is 5.32 Å². The van der Waals surface area contributed by atoms with Crippen LogP contribution in [0.15, 0.2) is 24.3 Å². The van der Waals surface area contributed by atoms with E-state index >= 15 is 0 Å². The molecule has 26 heavy (non-hydrogen) atoms. The number of piperidine rings is 1. The Bertz CT molecular complexity index is 887. The number of amides is 1. The SMILES string of the molecule is Cc1nn(C)c2nc(NCc3ccc(C(=O)N4CCCCC4)cc3)sc12. The molecule has 7 heteroatoms. The van der Waals surface area contributed by atoms with Crippen molar-refractivity contribution in [3.05, 3.63) is 41.1 Å². The van der Waals surface area contributed by atoms with Crippen molar-refractivity contribution in [2.45, 2.75) is 32.7 Å². The number of rotatable bonds is 4. The van der Waals surface area contributed by atoms with Crippen LogP contribution in [0.5, 0.6) is 0 Å². The minimum absolute atomic E-state index is 0.151. The molecule has 1 aliphatic rings. The Kier molecular flexibility index (Phi) is 4.63. The third-order valence-corrected chi connectivity index (χ3v) is 5.94. The van der Waals surface area contributed by atoms with Crippen LogP contribution in [-0.2, 0) is 13.6 Å². The summed E-state index contributed by atoms with van der Waals surface area (Å²) in [5.41, 5.74) is 3.83. The third-order valence-electron chi connectivity index (χ3n) is 4.83. The summed E-state index contributed by atoms with van der Waals surface area (Å²) in [7, 11) is 1.91. The number of carbonyl (C=O) groups is 1. The van der Waals surface area contributed by atoms with Crippen molar-refractivity contribution in [2.24, 2.45) is 7.05 Å². The van der Waals surface area contributed by atoms with Gasteiger partial charge in [-0.3, -0.25) is 4.79 Å². The van der Waals surface area contributed by atoms with E-state index in [4.69, 9.17) is 0 Å². The second kappa shape index (κ2) is 7.07. The van der Waals surface area contributed by atoms with Crippen molar-refractivity contribution < 1.29 is 4.79 Å². The van der Waals surface area contributed by atoms with Crippen LogP contribution in [0.4, 0.5) is 5.13 Å². The Morgan fingerprint density at radius 1 is 1.19 bits per heavy atom. The standard InChI is InChI=1S/C19H23N5OS/c1-13-16-17(23(2)22-13)21-19(26-16)20-12-14-6-8-15(9-7-14)18(25)24-10-4-3-5-11-24/h6-9H,3-5,10-12H2,1-2H3,(H,20,21). The molecule has 0 aliphatic carbocycles. The summed E-state index contributed by atoms with van der Waals surface area (Å²) >= 11 is 1.62. The van der Waals surface area contributed by atoms with Crippen LogP contribution in [0.2, 0.25) is 0 Å². The molecule has 0 radical (unpaired) electrons. The Balaban J connectivity index is 1.40. The van der Waals surface area contributed by atoms with Gasteiger partial charge in [0, 0.05) is 32.2 Å². The van der Waals surface area contributed by atoms with E-state index < -0.39 is 0 Å². The molecule has 0 atom stereocenters. The fraction of sp³-hybridized carbons (Fsp3) is 0.421. The number of nitrogens with zero attached hydrogens (tertiary/aromatic N) is 4. The van der Waals surface area contributed by atoms with E-state index in [9.17, 15) is 4.79 Å². The van der Waals surface area contributed by atoms with Gasteiger partial charge in [0.05, 0.1) is 10.4 Å². The topological polar surface area (TPSA) is 63.1 Å². The van der Waals surface area contributed by atoms with Gasteiger partial charge in [0.2, 0.25) is 0 Å². The number of thiazole rings is 1. The summed E-state index contributed by atoms with van der Waals surface area (Å²) in [6.07, 6.45) is 3.46. The molecule has 1 saturated heterocycles. The molecular formula is C19H23N5OS. The summed E-state index contributed by atoms with van der Waals surface area (Å²) in [5.74, 6) is 0.151. The van der Waals surface area contributed by atoms with Gasteiger partial charge < -0.3 is 10.2 Å². The largest absolute Gasteiger partial charge is 0.357 e. The summed E-state index contributed by atoms with van der Waals surface area (Å²) in [6, 6.07) is 7.90. The first-order valence-electron chi connectivity index (χ1n) is 9.04. The fourth-order valence-corrected chi connectivity index (χ4v) is 4.31. The van der Waals surface area contributed by atoms with E-state index in [1.165, 1.54) is 6.42 Å². The quantitative estimate of drug-likeness (QED) is 0.764. The average molecular weight is 369 g/mol. The highest BCUT2D eigenvalue weighted by Gasteiger charge is 2.18. The van der Waals surface area contributed by atoms with Crippen LogP contribution in [0.25, 0.3) is 10.3 Å². The van der Waals surface area contributed by atoms with E-state index in [0.29, 0.717) is 6.54 Å². The fourth-order valence-electron chi connectivity index (χ4n) is 3.38. The van der Waals surface area contributed by atoms with Gasteiger partial charge in [-0.2, -0.15) is 5.10 Å². The Hall–Kier alpha value is -2.41. The van der Waals surface area contributed by atoms with Gasteiger partial charge in [0.25, 0.3) is 5.91 Å². The highest BCUT2D eigenvalue weighted by atomic mass is 32.1. The first-order valence-corrected chi connectivity index (χ1v) is 9.86. The van der Waals surface area contributed by atoms with Crippen molar-refractivity contribution in [3.8, 4) is 0 Å². The number of hydrogen-bond acceptors (Lipinski definition) is 5. The molecule has 2 aromatic heterocycles. The zero-order valence-electron chi connectivity index (χ0n) is 15.2. The van der Waals surface area contributed by atoms with Gasteiger partial charge in [-0.15, -0.1) is 0 Å². The van der Waals surface area contributed by atoms with Gasteiger partial charge in [0.1, 0.15) is 0 Å². The molecule has 6 nitrogen and oxygen atoms in total. The number of aromatic nitrogens is 3. The van der Waals surface area contributed by atoms with Gasteiger partial charge in [-0.25, -0.2) is 9.67 Å². The van der Waals surface area contributed by atoms with Crippen LogP contribution in [0.1, 0.15) is 40.9 Å². The van der Waals surface area contributed by atoms with E-state index in [0.717, 1.165) is 58.2 Å². The first kappa shape index (κ1) is 17.0. The maximum atomic E-state index is 12.5. The molecule has 1 fully saturated rings. The summed E-state index contributed by atoms with van der Waals surface area (Å²) in [4.78, 5) is 19.1. The molecule has 1 amide bonds. The molecule has 3 aromatic rings. The smallest absolute Gasteiger partial charge is 0.253 e. The molecule has 1 aromatic carbocycles. The highest BCUT2D eigenvalue weighted by molar-refractivity contribution is 7.22. The number of likely N-dealkylation sites (tertiary alicyclic amines) is 1. The lowest BCUT2D eigenvalue weighted by Crippen LogP contribution is -2.35. The predicted molar refractivity (Wildman–Crippen MR) is 105 cm³/mol. The second-order valence-electron chi connectivity index (χ2n) is 6.78. The number of benzene rings is 1. The normalized spacial score (nSPS) is 14.8. The molecule has 0 spiro atoms. The van der Waals surface area contributed by atoms with Gasteiger partial charge in [-0.1, -0.05) is 23.5 Å². The minimum atomic E-state index is 0.151. The van der Waals surface area contributed by atoms with Gasteiger partial charge >= 0.3 is 0 Å². The zero-order chi connectivity index (χ0) is 18.1. The van der Waals surface area contributed by atoms with Crippen LogP contribution in [-0.4, -0.2) is 38.7 Å². The molecule has 3 heterocycles. The summed E-state index contributed by atoms with van der Waals surface area (Å²) in [6.45, 7) is 4.45. The molecular weight excluding hydrogens is 346 g/mol. The first-order chi connectivity index (χ1) is 12.6. The Labute approximate surface area is 156 Å². The van der Waals surface area contributed by atoms with Crippen LogP contribution in [0, 0.1) is 6.92 Å². The van der Waals surface area contributed by atoms with Crippen molar-refractivity contribution >= 4 is 32.7 Å². The number of carbonyl (C=O) groups excluding carboxylic acids is 1. The van der Waals surface area contributed by atoms with E-state index in [1.54, 1.807) is 11.3 Å². The lowest BCUT2D eigenvalue weighted by atomic mass is 10.1. The summed E-state index contributed by atoms with van der Waals surface area (Å²) in [5, 5.41) is 8.64. The molecule has 136 valence electrons. The minimum Gasteiger partial charge on any atom is -0.357 e. The summed E-state index contributed by atoms with van der Waals surface area (Å²) < 4.78 is 2.94. The maximum absolute atomic E-state index is 12.5. The zero-order valence-corrected chi connectivity index (χ0v) is 16.0. The maximum Gasteiger partial charge on any atom is 0.253 e. The van der Waals surface area contributed by atoms with Gasteiger partial charge in [-0.05, 0) is 43.9 Å². The molecule has 0 saturated carbocycles.